The molecule has 0 spiro atoms. The average molecular weight is 370 g/mol. The quantitative estimate of drug-likeness (QED) is 0.522. The molecule has 2 heterocycles. The molecule has 5 nitrogen and oxygen atoms in total. The van der Waals surface area contributed by atoms with Crippen LogP contribution in [0.15, 0.2) is 35.1 Å². The Bertz CT molecular complexity index is 838. The van der Waals surface area contributed by atoms with Crippen molar-refractivity contribution in [3.8, 4) is 11.4 Å². The van der Waals surface area contributed by atoms with Gasteiger partial charge in [-0.15, -0.1) is 0 Å². The molecule has 0 fully saturated rings. The van der Waals surface area contributed by atoms with Crippen LogP contribution in [0.2, 0.25) is 0 Å². The van der Waals surface area contributed by atoms with E-state index >= 15 is 0 Å². The van der Waals surface area contributed by atoms with Gasteiger partial charge in [-0.1, -0.05) is 0 Å². The fourth-order valence-corrected chi connectivity index (χ4v) is 2.32. The summed E-state index contributed by atoms with van der Waals surface area (Å²) >= 11 is 3.27. The predicted molar refractivity (Wildman–Crippen MR) is 79.0 cm³/mol. The van der Waals surface area contributed by atoms with E-state index in [2.05, 4.69) is 26.0 Å². The molecule has 3 aromatic rings. The van der Waals surface area contributed by atoms with E-state index in [0.717, 1.165) is 6.07 Å². The first-order valence-electron chi connectivity index (χ1n) is 6.21. The van der Waals surface area contributed by atoms with Gasteiger partial charge >= 0.3 is 0 Å². The van der Waals surface area contributed by atoms with Crippen molar-refractivity contribution in [2.75, 3.05) is 13.9 Å². The van der Waals surface area contributed by atoms with Gasteiger partial charge in [-0.2, -0.15) is 9.49 Å². The van der Waals surface area contributed by atoms with E-state index in [-0.39, 0.29) is 12.5 Å². The largest absolute Gasteiger partial charge is 0.464 e. The molecule has 8 heteroatoms. The molecule has 2 aromatic heterocycles. The van der Waals surface area contributed by atoms with Crippen LogP contribution in [0.1, 0.15) is 0 Å². The van der Waals surface area contributed by atoms with Gasteiger partial charge in [0.1, 0.15) is 10.1 Å². The number of ether oxygens (including phenoxy) is 2. The number of halogens is 3. The summed E-state index contributed by atoms with van der Waals surface area (Å²) in [6.07, 6.45) is 1.54. The number of hydrogen-bond donors (Lipinski definition) is 0. The first kappa shape index (κ1) is 14.9. The zero-order chi connectivity index (χ0) is 15.7. The van der Waals surface area contributed by atoms with Crippen molar-refractivity contribution in [1.82, 2.24) is 14.8 Å². The summed E-state index contributed by atoms with van der Waals surface area (Å²) < 4.78 is 39.3. The summed E-state index contributed by atoms with van der Waals surface area (Å²) in [6.45, 7) is -0.186. The van der Waals surface area contributed by atoms with Crippen LogP contribution >= 0.6 is 15.9 Å². The molecule has 0 saturated heterocycles. The molecule has 1 aromatic carbocycles. The monoisotopic (exact) mass is 369 g/mol. The van der Waals surface area contributed by atoms with Gasteiger partial charge in [0.2, 0.25) is 5.82 Å². The molecule has 0 N–H and O–H groups in total. The highest BCUT2D eigenvalue weighted by Gasteiger charge is 2.15. The van der Waals surface area contributed by atoms with Gasteiger partial charge < -0.3 is 9.47 Å². The number of pyridine rings is 1. The Morgan fingerprint density at radius 3 is 2.86 bits per heavy atom. The van der Waals surface area contributed by atoms with Crippen LogP contribution in [0.3, 0.4) is 0 Å². The van der Waals surface area contributed by atoms with E-state index in [1.165, 1.54) is 24.1 Å². The summed E-state index contributed by atoms with van der Waals surface area (Å²) in [5, 5.41) is 4.16. The molecule has 0 saturated carbocycles. The molecule has 0 bridgehead atoms. The Morgan fingerprint density at radius 1 is 1.27 bits per heavy atom. The Balaban J connectivity index is 2.12. The highest BCUT2D eigenvalue weighted by atomic mass is 79.9. The van der Waals surface area contributed by atoms with E-state index in [0.29, 0.717) is 21.3 Å². The number of fused-ring (bicyclic) bond motifs is 1. The summed E-state index contributed by atoms with van der Waals surface area (Å²) in [6, 6.07) is 5.91. The predicted octanol–water partition coefficient (Wildman–Crippen LogP) is 3.44. The molecule has 114 valence electrons. The molecular formula is C14H10BrF2N3O2. The minimum absolute atomic E-state index is 0.186. The SMILES string of the molecule is COCOc1cc(-n2ncc3nc(Br)ccc32)cc(F)c1F. The molecular weight excluding hydrogens is 360 g/mol. The number of methoxy groups -OCH3 is 1. The second-order valence-electron chi connectivity index (χ2n) is 4.39. The molecule has 0 unspecified atom stereocenters. The molecule has 0 radical (unpaired) electrons. The molecule has 0 aliphatic carbocycles. The highest BCUT2D eigenvalue weighted by Crippen LogP contribution is 2.26. The second-order valence-corrected chi connectivity index (χ2v) is 5.20. The maximum atomic E-state index is 13.8. The molecule has 0 aliphatic heterocycles. The summed E-state index contributed by atoms with van der Waals surface area (Å²) in [5.74, 6) is -2.35. The second kappa shape index (κ2) is 5.98. The van der Waals surface area contributed by atoms with E-state index in [1.54, 1.807) is 12.1 Å². The Morgan fingerprint density at radius 2 is 2.09 bits per heavy atom. The zero-order valence-corrected chi connectivity index (χ0v) is 13.0. The van der Waals surface area contributed by atoms with Crippen LogP contribution in [0.25, 0.3) is 16.7 Å². The first-order valence-corrected chi connectivity index (χ1v) is 7.01. The highest BCUT2D eigenvalue weighted by molar-refractivity contribution is 9.10. The third-order valence-corrected chi connectivity index (χ3v) is 3.39. The van der Waals surface area contributed by atoms with Crippen molar-refractivity contribution in [3.63, 3.8) is 0 Å². The minimum Gasteiger partial charge on any atom is -0.464 e. The van der Waals surface area contributed by atoms with Crippen molar-refractivity contribution in [3.05, 3.63) is 46.7 Å². The van der Waals surface area contributed by atoms with Crippen LogP contribution in [0, 0.1) is 11.6 Å². The molecule has 0 atom stereocenters. The normalized spacial score (nSPS) is 11.1. The lowest BCUT2D eigenvalue weighted by molar-refractivity contribution is 0.0478. The Labute approximate surface area is 132 Å². The average Bonchev–Trinajstić information content (AvgIpc) is 2.91. The molecule has 0 aliphatic rings. The van der Waals surface area contributed by atoms with Gasteiger partial charge in [0.25, 0.3) is 0 Å². The van der Waals surface area contributed by atoms with E-state index in [9.17, 15) is 8.78 Å². The van der Waals surface area contributed by atoms with Gasteiger partial charge in [-0.25, -0.2) is 14.1 Å². The van der Waals surface area contributed by atoms with Crippen molar-refractivity contribution in [2.45, 2.75) is 0 Å². The summed E-state index contributed by atoms with van der Waals surface area (Å²) in [7, 11) is 1.39. The van der Waals surface area contributed by atoms with Crippen molar-refractivity contribution in [1.29, 1.82) is 0 Å². The van der Waals surface area contributed by atoms with Gasteiger partial charge in [0, 0.05) is 19.2 Å². The summed E-state index contributed by atoms with van der Waals surface area (Å²) in [5.41, 5.74) is 1.61. The molecule has 22 heavy (non-hydrogen) atoms. The van der Waals surface area contributed by atoms with Gasteiger partial charge in [-0.3, -0.25) is 0 Å². The number of rotatable bonds is 4. The summed E-state index contributed by atoms with van der Waals surface area (Å²) in [4.78, 5) is 4.25. The van der Waals surface area contributed by atoms with Crippen LogP contribution in [0.5, 0.6) is 5.75 Å². The topological polar surface area (TPSA) is 49.2 Å². The van der Waals surface area contributed by atoms with Crippen molar-refractivity contribution in [2.24, 2.45) is 0 Å². The first-order chi connectivity index (χ1) is 10.6. The molecule has 3 rings (SSSR count). The third kappa shape index (κ3) is 2.67. The maximum Gasteiger partial charge on any atom is 0.200 e. The number of aromatic nitrogens is 3. The Hall–Kier alpha value is -2.06. The van der Waals surface area contributed by atoms with Crippen molar-refractivity contribution >= 4 is 27.0 Å². The van der Waals surface area contributed by atoms with Crippen LogP contribution < -0.4 is 4.74 Å². The lowest BCUT2D eigenvalue weighted by atomic mass is 10.2. The number of hydrogen-bond acceptors (Lipinski definition) is 4. The van der Waals surface area contributed by atoms with Crippen LogP contribution in [0.4, 0.5) is 8.78 Å². The van der Waals surface area contributed by atoms with E-state index in [1.807, 2.05) is 0 Å². The van der Waals surface area contributed by atoms with Gasteiger partial charge in [0.15, 0.2) is 18.4 Å². The standard InChI is InChI=1S/C14H10BrF2N3O2/c1-21-7-22-12-5-8(4-9(16)14(12)17)20-11-2-3-13(15)19-10(11)6-18-20/h2-6H,7H2,1H3. The van der Waals surface area contributed by atoms with Crippen molar-refractivity contribution < 1.29 is 18.3 Å². The van der Waals surface area contributed by atoms with Crippen LogP contribution in [-0.2, 0) is 4.74 Å². The van der Waals surface area contributed by atoms with Crippen LogP contribution in [-0.4, -0.2) is 28.7 Å². The maximum absolute atomic E-state index is 13.8. The zero-order valence-electron chi connectivity index (χ0n) is 11.4. The third-order valence-electron chi connectivity index (χ3n) is 2.95. The fourth-order valence-electron chi connectivity index (χ4n) is 2.00. The van der Waals surface area contributed by atoms with E-state index < -0.39 is 11.6 Å². The smallest absolute Gasteiger partial charge is 0.200 e. The van der Waals surface area contributed by atoms with E-state index in [4.69, 9.17) is 9.47 Å². The Kier molecular flexibility index (Phi) is 4.04. The number of nitrogens with zero attached hydrogens (tertiary/aromatic N) is 3. The van der Waals surface area contributed by atoms with Gasteiger partial charge in [0.05, 0.1) is 17.4 Å². The lowest BCUT2D eigenvalue weighted by Gasteiger charge is -2.10. The van der Waals surface area contributed by atoms with Gasteiger partial charge in [-0.05, 0) is 28.1 Å². The lowest BCUT2D eigenvalue weighted by Crippen LogP contribution is -2.05. The molecule has 0 amide bonds. The minimum atomic E-state index is -1.07. The number of benzene rings is 1. The fraction of sp³-hybridized carbons (Fsp3) is 0.143.